The molecule has 2 heterocycles. The van der Waals surface area contributed by atoms with Crippen molar-refractivity contribution in [3.63, 3.8) is 0 Å². The zero-order valence-corrected chi connectivity index (χ0v) is 16.5. The van der Waals surface area contributed by atoms with Crippen LogP contribution in [-0.2, 0) is 15.8 Å². The van der Waals surface area contributed by atoms with Crippen LogP contribution in [0.2, 0.25) is 10.0 Å². The van der Waals surface area contributed by atoms with Crippen LogP contribution in [0.15, 0.2) is 30.6 Å². The van der Waals surface area contributed by atoms with Crippen LogP contribution in [0.1, 0.15) is 12.0 Å². The predicted molar refractivity (Wildman–Crippen MR) is 102 cm³/mol. The molecule has 1 aromatic heterocycles. The fourth-order valence-electron chi connectivity index (χ4n) is 3.03. The molecule has 0 atom stereocenters. The zero-order valence-electron chi connectivity index (χ0n) is 14.2. The third-order valence-electron chi connectivity index (χ3n) is 4.33. The van der Waals surface area contributed by atoms with Gasteiger partial charge in [0.25, 0.3) is 0 Å². The lowest BCUT2D eigenvalue weighted by molar-refractivity contribution is 0.432. The maximum Gasteiger partial charge on any atom is 0.218 e. The van der Waals surface area contributed by atoms with Gasteiger partial charge in [0.05, 0.1) is 21.5 Å². The van der Waals surface area contributed by atoms with Crippen LogP contribution in [-0.4, -0.2) is 43.9 Å². The Balaban J connectivity index is 1.74. The summed E-state index contributed by atoms with van der Waals surface area (Å²) < 4.78 is 53.2. The van der Waals surface area contributed by atoms with E-state index in [1.165, 1.54) is 22.8 Å². The van der Waals surface area contributed by atoms with Gasteiger partial charge in [-0.25, -0.2) is 17.2 Å². The average molecular weight is 436 g/mol. The Morgan fingerprint density at radius 2 is 1.70 bits per heavy atom. The molecule has 0 bridgehead atoms. The second kappa shape index (κ2) is 8.26. The smallest absolute Gasteiger partial charge is 0.218 e. The first-order valence-electron chi connectivity index (χ1n) is 8.23. The molecule has 27 heavy (non-hydrogen) atoms. The Morgan fingerprint density at radius 3 is 2.37 bits per heavy atom. The van der Waals surface area contributed by atoms with E-state index in [-0.39, 0.29) is 17.9 Å². The van der Waals surface area contributed by atoms with Crippen LogP contribution in [0.4, 0.5) is 14.5 Å². The summed E-state index contributed by atoms with van der Waals surface area (Å²) in [6.07, 6.45) is 3.56. The minimum absolute atomic E-state index is 0.204. The lowest BCUT2D eigenvalue weighted by Crippen LogP contribution is -2.36. The molecule has 0 amide bonds. The van der Waals surface area contributed by atoms with E-state index in [9.17, 15) is 17.2 Å². The van der Waals surface area contributed by atoms with Crippen LogP contribution in [0.3, 0.4) is 0 Å². The molecular weight excluding hydrogens is 419 g/mol. The fourth-order valence-corrected chi connectivity index (χ4v) is 5.19. The van der Waals surface area contributed by atoms with Gasteiger partial charge in [0, 0.05) is 38.6 Å². The van der Waals surface area contributed by atoms with Crippen LogP contribution >= 0.6 is 23.2 Å². The van der Waals surface area contributed by atoms with Gasteiger partial charge in [-0.15, -0.1) is 0 Å². The van der Waals surface area contributed by atoms with Crippen molar-refractivity contribution < 1.29 is 17.2 Å². The first kappa shape index (κ1) is 20.3. The minimum Gasteiger partial charge on any atom is -0.368 e. The summed E-state index contributed by atoms with van der Waals surface area (Å²) in [5, 5.41) is 0.807. The summed E-state index contributed by atoms with van der Waals surface area (Å²) in [4.78, 5) is 5.85. The van der Waals surface area contributed by atoms with Crippen molar-refractivity contribution in [1.82, 2.24) is 9.29 Å². The highest BCUT2D eigenvalue weighted by Crippen LogP contribution is 2.33. The summed E-state index contributed by atoms with van der Waals surface area (Å²) in [7, 11) is -3.68. The van der Waals surface area contributed by atoms with Gasteiger partial charge in [-0.2, -0.15) is 4.31 Å². The van der Waals surface area contributed by atoms with Crippen LogP contribution in [0.25, 0.3) is 0 Å². The van der Waals surface area contributed by atoms with Crippen molar-refractivity contribution in [3.05, 3.63) is 57.8 Å². The summed E-state index contributed by atoms with van der Waals surface area (Å²) in [6, 6.07) is 3.11. The van der Waals surface area contributed by atoms with Gasteiger partial charge in [0.1, 0.15) is 0 Å². The monoisotopic (exact) mass is 435 g/mol. The van der Waals surface area contributed by atoms with Gasteiger partial charge in [-0.1, -0.05) is 29.3 Å². The molecule has 1 fully saturated rings. The number of rotatable bonds is 4. The molecule has 0 radical (unpaired) electrons. The van der Waals surface area contributed by atoms with Gasteiger partial charge in [-0.3, -0.25) is 4.98 Å². The van der Waals surface area contributed by atoms with E-state index in [4.69, 9.17) is 23.2 Å². The van der Waals surface area contributed by atoms with Gasteiger partial charge in [0.2, 0.25) is 10.0 Å². The van der Waals surface area contributed by atoms with Crippen molar-refractivity contribution in [2.75, 3.05) is 31.1 Å². The Morgan fingerprint density at radius 1 is 1.00 bits per heavy atom. The molecule has 0 saturated carbocycles. The van der Waals surface area contributed by atoms with E-state index in [0.717, 1.165) is 12.1 Å². The summed E-state index contributed by atoms with van der Waals surface area (Å²) in [5.41, 5.74) is 0.836. The van der Waals surface area contributed by atoms with Gasteiger partial charge in [-0.05, 0) is 24.1 Å². The molecular formula is C17H17Cl2F2N3O2S. The predicted octanol–water partition coefficient (Wildman–Crippen LogP) is 3.71. The third-order valence-corrected chi connectivity index (χ3v) is 6.73. The average Bonchev–Trinajstić information content (AvgIpc) is 2.85. The van der Waals surface area contributed by atoms with Gasteiger partial charge < -0.3 is 4.90 Å². The van der Waals surface area contributed by atoms with Crippen molar-refractivity contribution in [1.29, 1.82) is 0 Å². The summed E-state index contributed by atoms with van der Waals surface area (Å²) in [5.74, 6) is -2.46. The van der Waals surface area contributed by atoms with Crippen LogP contribution in [0, 0.1) is 11.6 Å². The molecule has 0 N–H and O–H groups in total. The highest BCUT2D eigenvalue weighted by atomic mass is 35.5. The highest BCUT2D eigenvalue weighted by molar-refractivity contribution is 7.88. The van der Waals surface area contributed by atoms with E-state index in [0.29, 0.717) is 41.8 Å². The molecule has 10 heteroatoms. The van der Waals surface area contributed by atoms with Crippen LogP contribution in [0.5, 0.6) is 0 Å². The number of nitrogens with zero attached hydrogens (tertiary/aromatic N) is 3. The topological polar surface area (TPSA) is 53.5 Å². The second-order valence-electron chi connectivity index (χ2n) is 6.20. The molecule has 2 aromatic rings. The van der Waals surface area contributed by atoms with Crippen LogP contribution < -0.4 is 4.90 Å². The van der Waals surface area contributed by atoms with Crippen molar-refractivity contribution in [2.24, 2.45) is 0 Å². The first-order valence-corrected chi connectivity index (χ1v) is 10.6. The lowest BCUT2D eigenvalue weighted by atomic mass is 10.2. The minimum atomic E-state index is -3.68. The van der Waals surface area contributed by atoms with Crippen molar-refractivity contribution in [3.8, 4) is 0 Å². The van der Waals surface area contributed by atoms with E-state index < -0.39 is 21.7 Å². The lowest BCUT2D eigenvalue weighted by Gasteiger charge is -2.25. The maximum absolute atomic E-state index is 13.4. The Kier molecular flexibility index (Phi) is 6.20. The van der Waals surface area contributed by atoms with Gasteiger partial charge in [0.15, 0.2) is 11.6 Å². The van der Waals surface area contributed by atoms with E-state index in [1.54, 1.807) is 0 Å². The maximum atomic E-state index is 13.4. The zero-order chi connectivity index (χ0) is 19.6. The van der Waals surface area contributed by atoms with Gasteiger partial charge >= 0.3 is 0 Å². The molecule has 1 aromatic carbocycles. The fraction of sp³-hybridized carbons (Fsp3) is 0.353. The molecule has 0 aliphatic carbocycles. The van der Waals surface area contributed by atoms with Crippen molar-refractivity contribution in [2.45, 2.75) is 12.2 Å². The molecule has 0 unspecified atom stereocenters. The SMILES string of the molecule is O=S(=O)(Cc1ccc(F)c(F)c1)N1CCCN(c2c(Cl)cncc2Cl)CC1. The molecule has 5 nitrogen and oxygen atoms in total. The largest absolute Gasteiger partial charge is 0.368 e. The first-order chi connectivity index (χ1) is 12.8. The third kappa shape index (κ3) is 4.68. The molecule has 3 rings (SSSR count). The highest BCUT2D eigenvalue weighted by Gasteiger charge is 2.27. The normalized spacial score (nSPS) is 16.4. The summed E-state index contributed by atoms with van der Waals surface area (Å²) in [6.45, 7) is 1.55. The quantitative estimate of drug-likeness (QED) is 0.734. The number of hydrogen-bond acceptors (Lipinski definition) is 4. The molecule has 1 saturated heterocycles. The second-order valence-corrected chi connectivity index (χ2v) is 8.98. The van der Waals surface area contributed by atoms with E-state index >= 15 is 0 Å². The van der Waals surface area contributed by atoms with E-state index in [2.05, 4.69) is 4.98 Å². The molecule has 1 aliphatic heterocycles. The number of anilines is 1. The Labute approximate surface area is 166 Å². The molecule has 0 spiro atoms. The van der Waals surface area contributed by atoms with Crippen molar-refractivity contribution >= 4 is 38.9 Å². The van der Waals surface area contributed by atoms with E-state index in [1.807, 2.05) is 4.90 Å². The number of halogens is 4. The Bertz CT molecular complexity index is 924. The molecule has 146 valence electrons. The molecule has 1 aliphatic rings. The number of sulfonamides is 1. The number of benzene rings is 1. The number of hydrogen-bond donors (Lipinski definition) is 0. The Hall–Kier alpha value is -1.48. The number of pyridine rings is 1. The standard InChI is InChI=1S/C17H17Cl2F2N3O2S/c18-13-9-22-10-14(19)17(13)23-4-1-5-24(7-6-23)27(25,26)11-12-2-3-15(20)16(21)8-12/h2-3,8-10H,1,4-7,11H2. The summed E-state index contributed by atoms with van der Waals surface area (Å²) >= 11 is 12.4. The number of aromatic nitrogens is 1.